The molecule has 0 atom stereocenters. The highest BCUT2D eigenvalue weighted by Gasteiger charge is 2.23. The lowest BCUT2D eigenvalue weighted by molar-refractivity contribution is -0.116. The van der Waals surface area contributed by atoms with E-state index in [4.69, 9.17) is 4.42 Å². The molecule has 9 nitrogen and oxygen atoms in total. The van der Waals surface area contributed by atoms with Crippen LogP contribution in [-0.4, -0.2) is 66.9 Å². The van der Waals surface area contributed by atoms with Crippen molar-refractivity contribution in [3.8, 4) is 0 Å². The second kappa shape index (κ2) is 12.1. The van der Waals surface area contributed by atoms with Gasteiger partial charge in [0.1, 0.15) is 12.4 Å². The number of carbonyl (C=O) groups excluding carboxylic acids is 3. The number of hydrogen-bond donors (Lipinski definition) is 2. The first-order chi connectivity index (χ1) is 17.9. The molecule has 4 rings (SSSR count). The predicted molar refractivity (Wildman–Crippen MR) is 139 cm³/mol. The van der Waals surface area contributed by atoms with Gasteiger partial charge < -0.3 is 29.8 Å². The maximum absolute atomic E-state index is 13.8. The van der Waals surface area contributed by atoms with Crippen LogP contribution in [0.5, 0.6) is 0 Å². The van der Waals surface area contributed by atoms with Gasteiger partial charge in [-0.05, 0) is 55.0 Å². The maximum atomic E-state index is 13.8. The van der Waals surface area contributed by atoms with E-state index in [1.807, 2.05) is 31.2 Å². The molecule has 4 amide bonds. The van der Waals surface area contributed by atoms with Crippen molar-refractivity contribution in [1.29, 1.82) is 0 Å². The largest absolute Gasteiger partial charge is 0.459 e. The second-order valence-electron chi connectivity index (χ2n) is 8.68. The fourth-order valence-electron chi connectivity index (χ4n) is 4.13. The molecule has 2 N–H and O–H groups in total. The third-order valence-corrected chi connectivity index (χ3v) is 6.05. The summed E-state index contributed by atoms with van der Waals surface area (Å²) in [6.07, 6.45) is 2.14. The van der Waals surface area contributed by atoms with Gasteiger partial charge in [0.15, 0.2) is 5.76 Å². The molecular weight excluding hydrogens is 477 g/mol. The van der Waals surface area contributed by atoms with Crippen molar-refractivity contribution in [2.24, 2.45) is 0 Å². The number of para-hydroxylation sites is 1. The number of benzene rings is 2. The first-order valence-corrected chi connectivity index (χ1v) is 12.2. The van der Waals surface area contributed by atoms with Crippen LogP contribution in [0.15, 0.2) is 71.3 Å². The number of urea groups is 1. The summed E-state index contributed by atoms with van der Waals surface area (Å²) in [5, 5.41) is 5.46. The average molecular weight is 508 g/mol. The normalized spacial score (nSPS) is 13.2. The molecule has 3 aromatic rings. The van der Waals surface area contributed by atoms with E-state index in [1.54, 1.807) is 29.2 Å². The van der Waals surface area contributed by atoms with Gasteiger partial charge in [-0.25, -0.2) is 9.18 Å². The Balaban J connectivity index is 1.27. The number of rotatable bonds is 8. The molecule has 1 aromatic heterocycles. The van der Waals surface area contributed by atoms with Crippen molar-refractivity contribution in [2.45, 2.75) is 13.3 Å². The highest BCUT2D eigenvalue weighted by atomic mass is 19.1. The smallest absolute Gasteiger partial charge is 0.322 e. The number of nitrogens with zero attached hydrogens (tertiary/aromatic N) is 3. The van der Waals surface area contributed by atoms with Gasteiger partial charge in [-0.1, -0.05) is 19.1 Å². The molecule has 0 bridgehead atoms. The van der Waals surface area contributed by atoms with Crippen LogP contribution in [0.3, 0.4) is 0 Å². The monoisotopic (exact) mass is 507 g/mol. The molecule has 37 heavy (non-hydrogen) atoms. The Morgan fingerprint density at radius 2 is 1.68 bits per heavy atom. The molecule has 0 unspecified atom stereocenters. The molecule has 2 aromatic carbocycles. The van der Waals surface area contributed by atoms with Crippen LogP contribution in [0.25, 0.3) is 0 Å². The van der Waals surface area contributed by atoms with Crippen molar-refractivity contribution >= 4 is 34.9 Å². The molecular formula is C27H30FN5O4. The zero-order valence-corrected chi connectivity index (χ0v) is 20.7. The van der Waals surface area contributed by atoms with E-state index in [9.17, 15) is 18.8 Å². The van der Waals surface area contributed by atoms with Gasteiger partial charge in [-0.2, -0.15) is 0 Å². The Morgan fingerprint density at radius 3 is 2.32 bits per heavy atom. The lowest BCUT2D eigenvalue weighted by atomic mass is 10.2. The molecule has 1 saturated heterocycles. The number of nitrogens with one attached hydrogen (secondary N) is 2. The molecule has 2 heterocycles. The van der Waals surface area contributed by atoms with Crippen LogP contribution >= 0.6 is 0 Å². The van der Waals surface area contributed by atoms with Gasteiger partial charge in [0.2, 0.25) is 5.91 Å². The number of anilines is 3. The van der Waals surface area contributed by atoms with Gasteiger partial charge in [-0.3, -0.25) is 9.59 Å². The third-order valence-electron chi connectivity index (χ3n) is 6.05. The highest BCUT2D eigenvalue weighted by Crippen LogP contribution is 2.21. The SMILES string of the molecule is CCCN(CC(=O)Nc1ccc(N2CCN(C(=O)Nc3ccccc3F)CC2)cc1)C(=O)c1ccco1. The fourth-order valence-corrected chi connectivity index (χ4v) is 4.13. The molecule has 0 saturated carbocycles. The van der Waals surface area contributed by atoms with Crippen LogP contribution in [0.1, 0.15) is 23.9 Å². The Labute approximate surface area is 214 Å². The van der Waals surface area contributed by atoms with E-state index in [1.165, 1.54) is 23.3 Å². The molecule has 0 aliphatic carbocycles. The van der Waals surface area contributed by atoms with Crippen molar-refractivity contribution in [3.05, 3.63) is 78.5 Å². The van der Waals surface area contributed by atoms with Crippen LogP contribution < -0.4 is 15.5 Å². The van der Waals surface area contributed by atoms with Crippen LogP contribution in [0, 0.1) is 5.82 Å². The maximum Gasteiger partial charge on any atom is 0.322 e. The third kappa shape index (κ3) is 6.66. The summed E-state index contributed by atoms with van der Waals surface area (Å²) in [4.78, 5) is 42.9. The molecule has 1 fully saturated rings. The van der Waals surface area contributed by atoms with Crippen LogP contribution in [0.4, 0.5) is 26.2 Å². The minimum atomic E-state index is -0.469. The van der Waals surface area contributed by atoms with Crippen LogP contribution in [0.2, 0.25) is 0 Å². The van der Waals surface area contributed by atoms with Crippen LogP contribution in [-0.2, 0) is 4.79 Å². The number of piperazine rings is 1. The van der Waals surface area contributed by atoms with E-state index < -0.39 is 5.82 Å². The van der Waals surface area contributed by atoms with Gasteiger partial charge in [0.05, 0.1) is 12.0 Å². The summed E-state index contributed by atoms with van der Waals surface area (Å²) in [6.45, 7) is 4.54. The van der Waals surface area contributed by atoms with Gasteiger partial charge in [0, 0.05) is 44.1 Å². The van der Waals surface area contributed by atoms with Crippen molar-refractivity contribution in [2.75, 3.05) is 54.8 Å². The molecule has 1 aliphatic rings. The predicted octanol–water partition coefficient (Wildman–Crippen LogP) is 4.26. The first kappa shape index (κ1) is 25.7. The topological polar surface area (TPSA) is 98.1 Å². The Kier molecular flexibility index (Phi) is 8.40. The number of halogens is 1. The van der Waals surface area contributed by atoms with Gasteiger partial charge in [-0.15, -0.1) is 0 Å². The lowest BCUT2D eigenvalue weighted by Gasteiger charge is -2.36. The second-order valence-corrected chi connectivity index (χ2v) is 8.68. The summed E-state index contributed by atoms with van der Waals surface area (Å²) < 4.78 is 19.0. The standard InChI is InChI=1S/C27H30FN5O4/c1-2-13-33(26(35)24-8-5-18-37-24)19-25(34)29-20-9-11-21(12-10-20)31-14-16-32(17-15-31)27(36)30-23-7-4-3-6-22(23)28/h3-12,18H,2,13-17,19H2,1H3,(H,29,34)(H,30,36). The number of carbonyl (C=O) groups is 3. The molecule has 0 spiro atoms. The molecule has 1 aliphatic heterocycles. The number of furan rings is 1. The fraction of sp³-hybridized carbons (Fsp3) is 0.296. The van der Waals surface area contributed by atoms with Gasteiger partial charge in [0.25, 0.3) is 5.91 Å². The number of amides is 4. The van der Waals surface area contributed by atoms with Crippen molar-refractivity contribution < 1.29 is 23.2 Å². The van der Waals surface area contributed by atoms with Gasteiger partial charge >= 0.3 is 6.03 Å². The molecule has 10 heteroatoms. The summed E-state index contributed by atoms with van der Waals surface area (Å²) in [5.74, 6) is -0.881. The van der Waals surface area contributed by atoms with E-state index in [0.29, 0.717) is 44.8 Å². The van der Waals surface area contributed by atoms with E-state index >= 15 is 0 Å². The van der Waals surface area contributed by atoms with E-state index in [2.05, 4.69) is 15.5 Å². The zero-order valence-electron chi connectivity index (χ0n) is 20.7. The highest BCUT2D eigenvalue weighted by molar-refractivity contribution is 5.98. The summed E-state index contributed by atoms with van der Waals surface area (Å²) >= 11 is 0. The minimum absolute atomic E-state index is 0.0774. The Bertz CT molecular complexity index is 1210. The average Bonchev–Trinajstić information content (AvgIpc) is 3.45. The first-order valence-electron chi connectivity index (χ1n) is 12.2. The summed E-state index contributed by atoms with van der Waals surface area (Å²) in [7, 11) is 0. The molecule has 194 valence electrons. The Hall–Kier alpha value is -4.34. The summed E-state index contributed by atoms with van der Waals surface area (Å²) in [5.41, 5.74) is 1.75. The van der Waals surface area contributed by atoms with E-state index in [0.717, 1.165) is 5.69 Å². The van der Waals surface area contributed by atoms with Crippen molar-refractivity contribution in [1.82, 2.24) is 9.80 Å². The quantitative estimate of drug-likeness (QED) is 0.475. The molecule has 0 radical (unpaired) electrons. The Morgan fingerprint density at radius 1 is 0.946 bits per heavy atom. The lowest BCUT2D eigenvalue weighted by Crippen LogP contribution is -2.50. The zero-order chi connectivity index (χ0) is 26.2. The minimum Gasteiger partial charge on any atom is -0.459 e. The van der Waals surface area contributed by atoms with E-state index in [-0.39, 0.29) is 35.8 Å². The van der Waals surface area contributed by atoms with Crippen molar-refractivity contribution in [3.63, 3.8) is 0 Å². The summed E-state index contributed by atoms with van der Waals surface area (Å²) in [6, 6.07) is 16.4. The number of hydrogen-bond acceptors (Lipinski definition) is 5.